The van der Waals surface area contributed by atoms with Crippen molar-refractivity contribution in [3.8, 4) is 0 Å². The number of hydrogen-bond acceptors (Lipinski definition) is 2. The van der Waals surface area contributed by atoms with Gasteiger partial charge in [0.1, 0.15) is 0 Å². The summed E-state index contributed by atoms with van der Waals surface area (Å²) in [5, 5.41) is 0. The summed E-state index contributed by atoms with van der Waals surface area (Å²) < 4.78 is 0. The molecule has 2 aliphatic heterocycles. The van der Waals surface area contributed by atoms with E-state index >= 15 is 0 Å². The average Bonchev–Trinajstić information content (AvgIpc) is 2.83. The average molecular weight is 230 g/mol. The minimum absolute atomic E-state index is 0.711. The number of rotatable bonds is 2. The summed E-state index contributed by atoms with van der Waals surface area (Å²) in [6, 6.07) is 9.63. The molecule has 2 heterocycles. The van der Waals surface area contributed by atoms with Crippen LogP contribution in [0.25, 0.3) is 0 Å². The van der Waals surface area contributed by atoms with E-state index in [2.05, 4.69) is 41.1 Å². The number of benzene rings is 1. The third-order valence-corrected chi connectivity index (χ3v) is 4.28. The highest BCUT2D eigenvalue weighted by Gasteiger charge is 2.25. The van der Waals surface area contributed by atoms with E-state index in [1.807, 2.05) is 0 Å². The summed E-state index contributed by atoms with van der Waals surface area (Å²) in [5.41, 5.74) is 3.09. The van der Waals surface area contributed by atoms with Gasteiger partial charge in [-0.2, -0.15) is 0 Å². The van der Waals surface area contributed by atoms with E-state index in [4.69, 9.17) is 0 Å². The normalized spacial score (nSPS) is 26.1. The Morgan fingerprint density at radius 1 is 1.12 bits per heavy atom. The van der Waals surface area contributed by atoms with Gasteiger partial charge >= 0.3 is 0 Å². The first-order chi connectivity index (χ1) is 8.33. The van der Waals surface area contributed by atoms with Crippen LogP contribution in [0.4, 0.5) is 0 Å². The van der Waals surface area contributed by atoms with Crippen LogP contribution in [0.3, 0.4) is 0 Å². The predicted octanol–water partition coefficient (Wildman–Crippen LogP) is 2.14. The number of hydrogen-bond donors (Lipinski definition) is 0. The van der Waals surface area contributed by atoms with Crippen molar-refractivity contribution in [1.29, 1.82) is 0 Å². The number of fused-ring (bicyclic) bond motifs is 1. The maximum atomic E-state index is 2.63. The second kappa shape index (κ2) is 4.79. The molecule has 1 aromatic carbocycles. The lowest BCUT2D eigenvalue weighted by molar-refractivity contribution is 0.161. The molecule has 0 bridgehead atoms. The maximum absolute atomic E-state index is 2.63. The van der Waals surface area contributed by atoms with Crippen LogP contribution in [0.2, 0.25) is 0 Å². The van der Waals surface area contributed by atoms with Crippen molar-refractivity contribution in [3.63, 3.8) is 0 Å². The van der Waals surface area contributed by atoms with Crippen LogP contribution in [-0.4, -0.2) is 42.5 Å². The minimum Gasteiger partial charge on any atom is -0.302 e. The first-order valence-electron chi connectivity index (χ1n) is 6.82. The van der Waals surface area contributed by atoms with Gasteiger partial charge in [-0.05, 0) is 50.5 Å². The second-order valence-electron chi connectivity index (χ2n) is 5.55. The molecule has 0 N–H and O–H groups in total. The first-order valence-corrected chi connectivity index (χ1v) is 6.82. The molecule has 17 heavy (non-hydrogen) atoms. The van der Waals surface area contributed by atoms with Crippen molar-refractivity contribution in [3.05, 3.63) is 35.4 Å². The lowest BCUT2D eigenvalue weighted by Crippen LogP contribution is -2.44. The van der Waals surface area contributed by atoms with Gasteiger partial charge in [0, 0.05) is 19.1 Å². The molecule has 2 aliphatic rings. The number of likely N-dealkylation sites (tertiary alicyclic amines) is 1. The van der Waals surface area contributed by atoms with Gasteiger partial charge in [-0.25, -0.2) is 0 Å². The van der Waals surface area contributed by atoms with Crippen LogP contribution >= 0.6 is 0 Å². The SMILES string of the molecule is CN1Cc2ccccc2CC1CN1CCCC1. The number of likely N-dealkylation sites (N-methyl/N-ethyl adjacent to an activating group) is 1. The minimum atomic E-state index is 0.711. The Balaban J connectivity index is 1.70. The van der Waals surface area contributed by atoms with Crippen LogP contribution in [0.1, 0.15) is 24.0 Å². The highest BCUT2D eigenvalue weighted by atomic mass is 15.2. The van der Waals surface area contributed by atoms with Crippen molar-refractivity contribution < 1.29 is 0 Å². The van der Waals surface area contributed by atoms with Crippen LogP contribution < -0.4 is 0 Å². The van der Waals surface area contributed by atoms with Gasteiger partial charge in [0.15, 0.2) is 0 Å². The molecule has 2 heteroatoms. The molecular weight excluding hydrogens is 208 g/mol. The van der Waals surface area contributed by atoms with Gasteiger partial charge in [-0.15, -0.1) is 0 Å². The Hall–Kier alpha value is -0.860. The molecule has 1 unspecified atom stereocenters. The second-order valence-corrected chi connectivity index (χ2v) is 5.55. The third-order valence-electron chi connectivity index (χ3n) is 4.28. The van der Waals surface area contributed by atoms with Crippen LogP contribution in [-0.2, 0) is 13.0 Å². The zero-order valence-electron chi connectivity index (χ0n) is 10.7. The van der Waals surface area contributed by atoms with E-state index in [0.29, 0.717) is 6.04 Å². The van der Waals surface area contributed by atoms with Gasteiger partial charge in [0.05, 0.1) is 0 Å². The predicted molar refractivity (Wildman–Crippen MR) is 71.1 cm³/mol. The topological polar surface area (TPSA) is 6.48 Å². The van der Waals surface area contributed by atoms with Crippen molar-refractivity contribution in [1.82, 2.24) is 9.80 Å². The van der Waals surface area contributed by atoms with Gasteiger partial charge in [-0.3, -0.25) is 4.90 Å². The molecule has 3 rings (SSSR count). The van der Waals surface area contributed by atoms with E-state index in [-0.39, 0.29) is 0 Å². The lowest BCUT2D eigenvalue weighted by Gasteiger charge is -2.36. The molecule has 1 atom stereocenters. The molecule has 92 valence electrons. The van der Waals surface area contributed by atoms with Gasteiger partial charge in [0.25, 0.3) is 0 Å². The highest BCUT2D eigenvalue weighted by molar-refractivity contribution is 5.30. The fourth-order valence-corrected chi connectivity index (χ4v) is 3.19. The Morgan fingerprint density at radius 2 is 1.82 bits per heavy atom. The summed E-state index contributed by atoms with van der Waals surface area (Å²) in [7, 11) is 2.27. The molecule has 0 aliphatic carbocycles. The van der Waals surface area contributed by atoms with E-state index in [0.717, 1.165) is 6.54 Å². The summed E-state index contributed by atoms with van der Waals surface area (Å²) >= 11 is 0. The summed E-state index contributed by atoms with van der Waals surface area (Å²) in [4.78, 5) is 5.16. The van der Waals surface area contributed by atoms with Crippen LogP contribution in [0, 0.1) is 0 Å². The molecule has 1 aromatic rings. The summed E-state index contributed by atoms with van der Waals surface area (Å²) in [6.07, 6.45) is 4.02. The zero-order chi connectivity index (χ0) is 11.7. The van der Waals surface area contributed by atoms with Gasteiger partial charge in [0.2, 0.25) is 0 Å². The van der Waals surface area contributed by atoms with Gasteiger partial charge in [-0.1, -0.05) is 24.3 Å². The molecule has 0 radical (unpaired) electrons. The molecule has 1 fully saturated rings. The smallest absolute Gasteiger partial charge is 0.0264 e. The molecule has 2 nitrogen and oxygen atoms in total. The number of nitrogens with zero attached hydrogens (tertiary/aromatic N) is 2. The first kappa shape index (κ1) is 11.2. The Bertz CT molecular complexity index is 382. The molecule has 0 aromatic heterocycles. The third kappa shape index (κ3) is 2.38. The molecular formula is C15H22N2. The van der Waals surface area contributed by atoms with E-state index in [1.165, 1.54) is 44.5 Å². The van der Waals surface area contributed by atoms with Crippen molar-refractivity contribution in [2.75, 3.05) is 26.7 Å². The summed E-state index contributed by atoms with van der Waals surface area (Å²) in [5.74, 6) is 0. The fraction of sp³-hybridized carbons (Fsp3) is 0.600. The largest absolute Gasteiger partial charge is 0.302 e. The highest BCUT2D eigenvalue weighted by Crippen LogP contribution is 2.23. The van der Waals surface area contributed by atoms with Gasteiger partial charge < -0.3 is 4.90 Å². The van der Waals surface area contributed by atoms with Crippen LogP contribution in [0.5, 0.6) is 0 Å². The van der Waals surface area contributed by atoms with E-state index in [9.17, 15) is 0 Å². The standard InChI is InChI=1S/C15H22N2/c1-16-11-14-7-3-2-6-13(14)10-15(16)12-17-8-4-5-9-17/h2-3,6-7,15H,4-5,8-12H2,1H3. The maximum Gasteiger partial charge on any atom is 0.0264 e. The van der Waals surface area contributed by atoms with E-state index in [1.54, 1.807) is 5.56 Å². The van der Waals surface area contributed by atoms with E-state index < -0.39 is 0 Å². The molecule has 1 saturated heterocycles. The Labute approximate surface area is 104 Å². The lowest BCUT2D eigenvalue weighted by atomic mass is 9.94. The quantitative estimate of drug-likeness (QED) is 0.768. The molecule has 0 saturated carbocycles. The summed E-state index contributed by atoms with van der Waals surface area (Å²) in [6.45, 7) is 5.00. The fourth-order valence-electron chi connectivity index (χ4n) is 3.19. The Morgan fingerprint density at radius 3 is 2.59 bits per heavy atom. The molecule has 0 spiro atoms. The van der Waals surface area contributed by atoms with Crippen molar-refractivity contribution >= 4 is 0 Å². The van der Waals surface area contributed by atoms with Crippen molar-refractivity contribution in [2.24, 2.45) is 0 Å². The monoisotopic (exact) mass is 230 g/mol. The van der Waals surface area contributed by atoms with Crippen LogP contribution in [0.15, 0.2) is 24.3 Å². The Kier molecular flexibility index (Phi) is 3.17. The van der Waals surface area contributed by atoms with Crippen molar-refractivity contribution in [2.45, 2.75) is 31.8 Å². The molecule has 0 amide bonds. The zero-order valence-corrected chi connectivity index (χ0v) is 10.7.